The molecule has 0 spiro atoms. The van der Waals surface area contributed by atoms with Gasteiger partial charge in [0.15, 0.2) is 11.6 Å². The Balaban J connectivity index is 2.00. The minimum absolute atomic E-state index is 0.542. The van der Waals surface area contributed by atoms with Crippen molar-refractivity contribution in [1.82, 2.24) is 20.2 Å². The second-order valence-corrected chi connectivity index (χ2v) is 4.30. The van der Waals surface area contributed by atoms with Gasteiger partial charge in [0.05, 0.1) is 37.3 Å². The Hall–Kier alpha value is -2.83. The molecule has 0 saturated heterocycles. The van der Waals surface area contributed by atoms with Crippen LogP contribution in [0, 0.1) is 0 Å². The summed E-state index contributed by atoms with van der Waals surface area (Å²) in [7, 11) is 1.62. The molecule has 0 bridgehead atoms. The predicted molar refractivity (Wildman–Crippen MR) is 79.1 cm³/mol. The highest BCUT2D eigenvalue weighted by Gasteiger charge is 2.11. The molecular weight excluding hydrogens is 270 g/mol. The second-order valence-electron chi connectivity index (χ2n) is 4.30. The highest BCUT2D eigenvalue weighted by molar-refractivity contribution is 5.86. The van der Waals surface area contributed by atoms with Crippen molar-refractivity contribution in [2.45, 2.75) is 6.92 Å². The fourth-order valence-electron chi connectivity index (χ4n) is 2.04. The number of nitrogens with one attached hydrogen (secondary N) is 2. The molecule has 2 heterocycles. The van der Waals surface area contributed by atoms with Crippen molar-refractivity contribution in [2.24, 2.45) is 0 Å². The van der Waals surface area contributed by atoms with Crippen LogP contribution in [0.1, 0.15) is 6.92 Å². The Labute approximate surface area is 121 Å². The molecule has 1 aromatic carbocycles. The summed E-state index contributed by atoms with van der Waals surface area (Å²) < 4.78 is 10.9. The minimum atomic E-state index is 0.542. The molecule has 7 nitrogen and oxygen atoms in total. The summed E-state index contributed by atoms with van der Waals surface area (Å²) in [4.78, 5) is 8.18. The monoisotopic (exact) mass is 285 g/mol. The van der Waals surface area contributed by atoms with Gasteiger partial charge in [0, 0.05) is 11.5 Å². The largest absolute Gasteiger partial charge is 0.494 e. The van der Waals surface area contributed by atoms with Crippen molar-refractivity contribution in [3.8, 4) is 11.5 Å². The van der Waals surface area contributed by atoms with Gasteiger partial charge in [-0.15, -0.1) is 0 Å². The summed E-state index contributed by atoms with van der Waals surface area (Å²) in [6.07, 6.45) is 4.85. The van der Waals surface area contributed by atoms with E-state index in [-0.39, 0.29) is 0 Å². The zero-order valence-corrected chi connectivity index (χ0v) is 11.8. The minimum Gasteiger partial charge on any atom is -0.494 e. The standard InChI is InChI=1S/C14H15N5O2/c1-3-21-13-7-15-8-16-14(13)18-11-4-9-6-17-19-10(9)5-12(11)20-2/h4-8H,3H2,1-2H3,(H,17,19)(H,15,16,18). The van der Waals surface area contributed by atoms with Crippen molar-refractivity contribution in [1.29, 1.82) is 0 Å². The van der Waals surface area contributed by atoms with Gasteiger partial charge in [-0.3, -0.25) is 5.10 Å². The summed E-state index contributed by atoms with van der Waals surface area (Å²) in [6.45, 7) is 2.45. The van der Waals surface area contributed by atoms with Crippen LogP contribution in [0.5, 0.6) is 11.5 Å². The molecule has 3 aromatic rings. The number of hydrogen-bond donors (Lipinski definition) is 2. The summed E-state index contributed by atoms with van der Waals surface area (Å²) in [5, 5.41) is 11.1. The fourth-order valence-corrected chi connectivity index (χ4v) is 2.04. The number of fused-ring (bicyclic) bond motifs is 1. The number of ether oxygens (including phenoxy) is 2. The zero-order valence-electron chi connectivity index (χ0n) is 11.8. The zero-order chi connectivity index (χ0) is 14.7. The third-order valence-corrected chi connectivity index (χ3v) is 2.99. The SMILES string of the molecule is CCOc1cncnc1Nc1cc2cn[nH]c2cc1OC. The summed E-state index contributed by atoms with van der Waals surface area (Å²) in [5.41, 5.74) is 1.69. The number of anilines is 2. The lowest BCUT2D eigenvalue weighted by atomic mass is 10.2. The Bertz CT molecular complexity index is 756. The van der Waals surface area contributed by atoms with Gasteiger partial charge < -0.3 is 14.8 Å². The quantitative estimate of drug-likeness (QED) is 0.749. The van der Waals surface area contributed by atoms with E-state index in [1.807, 2.05) is 19.1 Å². The van der Waals surface area contributed by atoms with Crippen LogP contribution in [0.4, 0.5) is 11.5 Å². The molecule has 0 amide bonds. The topological polar surface area (TPSA) is 85.0 Å². The number of rotatable bonds is 5. The van der Waals surface area contributed by atoms with E-state index in [2.05, 4.69) is 25.5 Å². The van der Waals surface area contributed by atoms with Crippen molar-refractivity contribution in [2.75, 3.05) is 19.0 Å². The number of methoxy groups -OCH3 is 1. The molecule has 3 rings (SSSR count). The van der Waals surface area contributed by atoms with E-state index in [1.54, 1.807) is 19.5 Å². The van der Waals surface area contributed by atoms with E-state index in [1.165, 1.54) is 6.33 Å². The third-order valence-electron chi connectivity index (χ3n) is 2.99. The molecule has 0 radical (unpaired) electrons. The molecule has 0 unspecified atom stereocenters. The highest BCUT2D eigenvalue weighted by atomic mass is 16.5. The van der Waals surface area contributed by atoms with E-state index < -0.39 is 0 Å². The van der Waals surface area contributed by atoms with Gasteiger partial charge >= 0.3 is 0 Å². The smallest absolute Gasteiger partial charge is 0.180 e. The molecule has 0 aliphatic rings. The number of benzene rings is 1. The first-order valence-electron chi connectivity index (χ1n) is 6.52. The molecule has 0 fully saturated rings. The lowest BCUT2D eigenvalue weighted by Gasteiger charge is -2.13. The maximum Gasteiger partial charge on any atom is 0.180 e. The van der Waals surface area contributed by atoms with E-state index in [0.717, 1.165) is 16.6 Å². The lowest BCUT2D eigenvalue weighted by Crippen LogP contribution is -2.02. The Kier molecular flexibility index (Phi) is 3.55. The molecule has 7 heteroatoms. The van der Waals surface area contributed by atoms with Crippen LogP contribution in [-0.4, -0.2) is 33.9 Å². The van der Waals surface area contributed by atoms with Crippen LogP contribution in [0.3, 0.4) is 0 Å². The maximum atomic E-state index is 5.51. The van der Waals surface area contributed by atoms with E-state index in [4.69, 9.17) is 9.47 Å². The Morgan fingerprint density at radius 3 is 2.95 bits per heavy atom. The molecule has 0 aliphatic heterocycles. The molecular formula is C14H15N5O2. The fraction of sp³-hybridized carbons (Fsp3) is 0.214. The molecule has 21 heavy (non-hydrogen) atoms. The Morgan fingerprint density at radius 2 is 2.14 bits per heavy atom. The van der Waals surface area contributed by atoms with Crippen molar-refractivity contribution >= 4 is 22.4 Å². The van der Waals surface area contributed by atoms with Gasteiger partial charge in [0.1, 0.15) is 12.1 Å². The molecule has 0 aliphatic carbocycles. The van der Waals surface area contributed by atoms with Crippen LogP contribution in [0.15, 0.2) is 30.9 Å². The number of aromatic amines is 1. The normalized spacial score (nSPS) is 10.6. The number of nitrogens with zero attached hydrogens (tertiary/aromatic N) is 3. The first-order chi connectivity index (χ1) is 10.3. The van der Waals surface area contributed by atoms with E-state index in [0.29, 0.717) is 23.9 Å². The lowest BCUT2D eigenvalue weighted by molar-refractivity contribution is 0.339. The van der Waals surface area contributed by atoms with Crippen molar-refractivity contribution in [3.63, 3.8) is 0 Å². The molecule has 0 saturated carbocycles. The first-order valence-corrected chi connectivity index (χ1v) is 6.52. The second kappa shape index (κ2) is 5.66. The third kappa shape index (κ3) is 2.58. The van der Waals surface area contributed by atoms with Crippen LogP contribution in [0.2, 0.25) is 0 Å². The summed E-state index contributed by atoms with van der Waals surface area (Å²) in [5.74, 6) is 1.87. The van der Waals surface area contributed by atoms with Gasteiger partial charge in [0.2, 0.25) is 0 Å². The molecule has 108 valence electrons. The van der Waals surface area contributed by atoms with Gasteiger partial charge in [-0.25, -0.2) is 9.97 Å². The Morgan fingerprint density at radius 1 is 1.24 bits per heavy atom. The number of aromatic nitrogens is 4. The first kappa shape index (κ1) is 13.2. The van der Waals surface area contributed by atoms with Crippen LogP contribution < -0.4 is 14.8 Å². The van der Waals surface area contributed by atoms with Gasteiger partial charge in [0.25, 0.3) is 0 Å². The van der Waals surface area contributed by atoms with Gasteiger partial charge in [-0.2, -0.15) is 5.10 Å². The number of hydrogen-bond acceptors (Lipinski definition) is 6. The average Bonchev–Trinajstić information content (AvgIpc) is 2.96. The van der Waals surface area contributed by atoms with Crippen molar-refractivity contribution < 1.29 is 9.47 Å². The summed E-state index contributed by atoms with van der Waals surface area (Å²) >= 11 is 0. The average molecular weight is 285 g/mol. The van der Waals surface area contributed by atoms with E-state index in [9.17, 15) is 0 Å². The van der Waals surface area contributed by atoms with E-state index >= 15 is 0 Å². The van der Waals surface area contributed by atoms with Crippen molar-refractivity contribution in [3.05, 3.63) is 30.9 Å². The molecule has 0 atom stereocenters. The van der Waals surface area contributed by atoms with Gasteiger partial charge in [-0.05, 0) is 13.0 Å². The molecule has 2 aromatic heterocycles. The molecule has 2 N–H and O–H groups in total. The van der Waals surface area contributed by atoms with Crippen LogP contribution in [0.25, 0.3) is 10.9 Å². The predicted octanol–water partition coefficient (Wildman–Crippen LogP) is 2.50. The number of H-pyrrole nitrogens is 1. The van der Waals surface area contributed by atoms with Crippen LogP contribution >= 0.6 is 0 Å². The highest BCUT2D eigenvalue weighted by Crippen LogP contribution is 2.33. The summed E-state index contributed by atoms with van der Waals surface area (Å²) in [6, 6.07) is 3.82. The maximum absolute atomic E-state index is 5.51. The van der Waals surface area contributed by atoms with Crippen LogP contribution in [-0.2, 0) is 0 Å². The van der Waals surface area contributed by atoms with Gasteiger partial charge in [-0.1, -0.05) is 0 Å².